The maximum absolute atomic E-state index is 2.43. The Balaban J connectivity index is 2.34. The summed E-state index contributed by atoms with van der Waals surface area (Å²) in [4.78, 5) is 0. The number of hydrogen-bond donors (Lipinski definition) is 0. The molecule has 1 aliphatic rings. The van der Waals surface area contributed by atoms with E-state index in [2.05, 4.69) is 34.6 Å². The largest absolute Gasteiger partial charge is 0.0649 e. The molecule has 0 heterocycles. The molecule has 11 heavy (non-hydrogen) atoms. The molecule has 0 N–H and O–H groups in total. The third-order valence-corrected chi connectivity index (χ3v) is 3.20. The summed E-state index contributed by atoms with van der Waals surface area (Å²) in [5.41, 5.74) is 1.25. The minimum absolute atomic E-state index is 0.539. The number of rotatable bonds is 2. The van der Waals surface area contributed by atoms with Crippen LogP contribution in [0.25, 0.3) is 0 Å². The SMILES string of the molecule is CCC1(C)CC1CC(C)(C)C. The molecule has 0 heteroatoms. The molecule has 2 atom stereocenters. The summed E-state index contributed by atoms with van der Waals surface area (Å²) in [5.74, 6) is 1.02. The maximum atomic E-state index is 2.43. The molecule has 0 amide bonds. The second kappa shape index (κ2) is 2.50. The first-order chi connectivity index (χ1) is 4.87. The molecule has 0 saturated heterocycles. The lowest BCUT2D eigenvalue weighted by Crippen LogP contribution is -2.08. The molecule has 0 aliphatic heterocycles. The first-order valence-electron chi connectivity index (χ1n) is 4.87. The molecule has 0 aromatic rings. The molecule has 1 rings (SSSR count). The molecule has 66 valence electrons. The monoisotopic (exact) mass is 154 g/mol. The summed E-state index contributed by atoms with van der Waals surface area (Å²) in [5, 5.41) is 0. The second-order valence-corrected chi connectivity index (χ2v) is 5.67. The van der Waals surface area contributed by atoms with Gasteiger partial charge in [-0.3, -0.25) is 0 Å². The van der Waals surface area contributed by atoms with Crippen LogP contribution in [0.15, 0.2) is 0 Å². The van der Waals surface area contributed by atoms with Gasteiger partial charge in [-0.1, -0.05) is 41.0 Å². The fourth-order valence-corrected chi connectivity index (χ4v) is 1.99. The Kier molecular flexibility index (Phi) is 2.07. The van der Waals surface area contributed by atoms with Crippen molar-refractivity contribution in [2.45, 2.75) is 53.9 Å². The smallest absolute Gasteiger partial charge is 0.0297 e. The third kappa shape index (κ3) is 2.21. The Hall–Kier alpha value is 0. The van der Waals surface area contributed by atoms with E-state index in [4.69, 9.17) is 0 Å². The first kappa shape index (κ1) is 9.09. The van der Waals surface area contributed by atoms with Crippen LogP contribution >= 0.6 is 0 Å². The van der Waals surface area contributed by atoms with Crippen LogP contribution in [0.1, 0.15) is 53.9 Å². The van der Waals surface area contributed by atoms with Gasteiger partial charge in [0.25, 0.3) is 0 Å². The minimum Gasteiger partial charge on any atom is -0.0649 e. The Morgan fingerprint density at radius 2 is 1.91 bits per heavy atom. The van der Waals surface area contributed by atoms with Gasteiger partial charge in [-0.15, -0.1) is 0 Å². The zero-order valence-electron chi connectivity index (χ0n) is 8.70. The molecule has 0 aromatic heterocycles. The van der Waals surface area contributed by atoms with E-state index in [9.17, 15) is 0 Å². The predicted molar refractivity (Wildman–Crippen MR) is 50.6 cm³/mol. The molecule has 0 spiro atoms. The van der Waals surface area contributed by atoms with Gasteiger partial charge in [-0.2, -0.15) is 0 Å². The average molecular weight is 154 g/mol. The molecule has 2 unspecified atom stereocenters. The zero-order chi connectivity index (χ0) is 8.70. The van der Waals surface area contributed by atoms with Crippen molar-refractivity contribution in [3.8, 4) is 0 Å². The fraction of sp³-hybridized carbons (Fsp3) is 1.00. The molecule has 1 saturated carbocycles. The van der Waals surface area contributed by atoms with E-state index in [1.54, 1.807) is 0 Å². The lowest BCUT2D eigenvalue weighted by atomic mass is 9.86. The van der Waals surface area contributed by atoms with Crippen LogP contribution in [0, 0.1) is 16.7 Å². The van der Waals surface area contributed by atoms with Crippen LogP contribution < -0.4 is 0 Å². The van der Waals surface area contributed by atoms with Crippen molar-refractivity contribution < 1.29 is 0 Å². The minimum atomic E-state index is 0.539. The summed E-state index contributed by atoms with van der Waals surface area (Å²) in [6.45, 7) is 11.8. The van der Waals surface area contributed by atoms with Gasteiger partial charge in [0.15, 0.2) is 0 Å². The molecule has 0 bridgehead atoms. The van der Waals surface area contributed by atoms with E-state index < -0.39 is 0 Å². The van der Waals surface area contributed by atoms with E-state index in [1.807, 2.05) is 0 Å². The van der Waals surface area contributed by atoms with Crippen LogP contribution in [0.3, 0.4) is 0 Å². The predicted octanol–water partition coefficient (Wildman–Crippen LogP) is 3.86. The van der Waals surface area contributed by atoms with Crippen LogP contribution in [-0.2, 0) is 0 Å². The molecular weight excluding hydrogens is 132 g/mol. The molecule has 0 radical (unpaired) electrons. The van der Waals surface area contributed by atoms with Gasteiger partial charge in [0.05, 0.1) is 0 Å². The van der Waals surface area contributed by atoms with Crippen molar-refractivity contribution in [2.75, 3.05) is 0 Å². The normalized spacial score (nSPS) is 37.4. The lowest BCUT2D eigenvalue weighted by Gasteiger charge is -2.19. The molecule has 1 aliphatic carbocycles. The maximum Gasteiger partial charge on any atom is -0.0297 e. The van der Waals surface area contributed by atoms with Crippen molar-refractivity contribution >= 4 is 0 Å². The molecule has 0 aromatic carbocycles. The van der Waals surface area contributed by atoms with Gasteiger partial charge in [0.2, 0.25) is 0 Å². The van der Waals surface area contributed by atoms with E-state index in [0.29, 0.717) is 10.8 Å². The van der Waals surface area contributed by atoms with Gasteiger partial charge < -0.3 is 0 Å². The van der Waals surface area contributed by atoms with Crippen LogP contribution in [0.5, 0.6) is 0 Å². The van der Waals surface area contributed by atoms with Crippen molar-refractivity contribution in [3.63, 3.8) is 0 Å². The Labute approximate surface area is 71.4 Å². The van der Waals surface area contributed by atoms with Gasteiger partial charge in [-0.05, 0) is 29.6 Å². The van der Waals surface area contributed by atoms with Gasteiger partial charge in [0.1, 0.15) is 0 Å². The van der Waals surface area contributed by atoms with Crippen molar-refractivity contribution in [1.82, 2.24) is 0 Å². The Morgan fingerprint density at radius 1 is 1.36 bits per heavy atom. The van der Waals surface area contributed by atoms with E-state index in [0.717, 1.165) is 5.92 Å². The third-order valence-electron chi connectivity index (χ3n) is 3.20. The topological polar surface area (TPSA) is 0 Å². The lowest BCUT2D eigenvalue weighted by molar-refractivity contribution is 0.318. The number of hydrogen-bond acceptors (Lipinski definition) is 0. The summed E-state index contributed by atoms with van der Waals surface area (Å²) in [7, 11) is 0. The average Bonchev–Trinajstić information content (AvgIpc) is 2.40. The van der Waals surface area contributed by atoms with Crippen molar-refractivity contribution in [1.29, 1.82) is 0 Å². The molecule has 1 fully saturated rings. The Morgan fingerprint density at radius 3 is 2.18 bits per heavy atom. The zero-order valence-corrected chi connectivity index (χ0v) is 8.70. The standard InChI is InChI=1S/C11H22/c1-6-11(5)8-9(11)7-10(2,3)4/h9H,6-8H2,1-5H3. The summed E-state index contributed by atoms with van der Waals surface area (Å²) >= 11 is 0. The Bertz CT molecular complexity index is 141. The van der Waals surface area contributed by atoms with Crippen molar-refractivity contribution in [2.24, 2.45) is 16.7 Å². The van der Waals surface area contributed by atoms with E-state index >= 15 is 0 Å². The highest BCUT2D eigenvalue weighted by atomic mass is 14.5. The van der Waals surface area contributed by atoms with Crippen LogP contribution in [-0.4, -0.2) is 0 Å². The highest BCUT2D eigenvalue weighted by Crippen LogP contribution is 2.58. The van der Waals surface area contributed by atoms with E-state index in [-0.39, 0.29) is 0 Å². The molecule has 0 nitrogen and oxygen atoms in total. The van der Waals surface area contributed by atoms with Crippen LogP contribution in [0.4, 0.5) is 0 Å². The summed E-state index contributed by atoms with van der Waals surface area (Å²) < 4.78 is 0. The van der Waals surface area contributed by atoms with Crippen LogP contribution in [0.2, 0.25) is 0 Å². The van der Waals surface area contributed by atoms with Gasteiger partial charge in [-0.25, -0.2) is 0 Å². The highest BCUT2D eigenvalue weighted by molar-refractivity contribution is 4.99. The quantitative estimate of drug-likeness (QED) is 0.566. The molecular formula is C11H22. The highest BCUT2D eigenvalue weighted by Gasteiger charge is 2.48. The first-order valence-corrected chi connectivity index (χ1v) is 4.87. The van der Waals surface area contributed by atoms with Gasteiger partial charge in [0, 0.05) is 0 Å². The van der Waals surface area contributed by atoms with E-state index in [1.165, 1.54) is 19.3 Å². The van der Waals surface area contributed by atoms with Crippen molar-refractivity contribution in [3.05, 3.63) is 0 Å². The van der Waals surface area contributed by atoms with Gasteiger partial charge >= 0.3 is 0 Å². The second-order valence-electron chi connectivity index (χ2n) is 5.67. The summed E-state index contributed by atoms with van der Waals surface area (Å²) in [6, 6.07) is 0. The summed E-state index contributed by atoms with van der Waals surface area (Å²) in [6.07, 6.45) is 4.26. The fourth-order valence-electron chi connectivity index (χ4n) is 1.99.